The van der Waals surface area contributed by atoms with E-state index in [0.717, 1.165) is 36.8 Å². The number of hydrogen-bond donors (Lipinski definition) is 0. The molecule has 0 amide bonds. The van der Waals surface area contributed by atoms with Gasteiger partial charge in [-0.25, -0.2) is 8.42 Å². The molecule has 0 radical (unpaired) electrons. The Morgan fingerprint density at radius 1 is 1.11 bits per heavy atom. The van der Waals surface area contributed by atoms with Crippen molar-refractivity contribution in [2.45, 2.75) is 42.4 Å². The van der Waals surface area contributed by atoms with Crippen molar-refractivity contribution in [3.63, 3.8) is 0 Å². The summed E-state index contributed by atoms with van der Waals surface area (Å²) in [6.07, 6.45) is 3.94. The molecule has 0 bridgehead atoms. The van der Waals surface area contributed by atoms with Crippen LogP contribution in [0.2, 0.25) is 0 Å². The van der Waals surface area contributed by atoms with Gasteiger partial charge < -0.3 is 0 Å². The van der Waals surface area contributed by atoms with Crippen LogP contribution in [0.3, 0.4) is 0 Å². The lowest BCUT2D eigenvalue weighted by Crippen LogP contribution is -2.03. The Labute approximate surface area is 111 Å². The first-order chi connectivity index (χ1) is 8.50. The van der Waals surface area contributed by atoms with Gasteiger partial charge in [-0.2, -0.15) is 5.26 Å². The molecule has 2 aliphatic carbocycles. The predicted molar refractivity (Wildman–Crippen MR) is 68.1 cm³/mol. The summed E-state index contributed by atoms with van der Waals surface area (Å²) in [5, 5.41) is 9.05. The lowest BCUT2D eigenvalue weighted by molar-refractivity contribution is 0.607. The van der Waals surface area contributed by atoms with E-state index < -0.39 is 9.05 Å². The SMILES string of the molecule is N#Cc1cc(C2CC2)c(S(=O)(=O)Cl)c(C2CC2)c1. The molecule has 0 saturated heterocycles. The van der Waals surface area contributed by atoms with E-state index in [4.69, 9.17) is 15.9 Å². The highest BCUT2D eigenvalue weighted by atomic mass is 35.7. The van der Waals surface area contributed by atoms with Gasteiger partial charge in [0.05, 0.1) is 16.5 Å². The molecular formula is C13H12ClNO2S. The van der Waals surface area contributed by atoms with Crippen molar-refractivity contribution >= 4 is 19.7 Å². The van der Waals surface area contributed by atoms with Gasteiger partial charge >= 0.3 is 0 Å². The maximum absolute atomic E-state index is 11.8. The number of hydrogen-bond acceptors (Lipinski definition) is 3. The molecular weight excluding hydrogens is 270 g/mol. The van der Waals surface area contributed by atoms with E-state index in [1.54, 1.807) is 12.1 Å². The van der Waals surface area contributed by atoms with Crippen molar-refractivity contribution in [2.24, 2.45) is 0 Å². The molecule has 1 aromatic rings. The number of benzene rings is 1. The summed E-state index contributed by atoms with van der Waals surface area (Å²) in [4.78, 5) is 0.285. The molecule has 94 valence electrons. The van der Waals surface area contributed by atoms with Crippen LogP contribution in [0.25, 0.3) is 0 Å². The zero-order valence-corrected chi connectivity index (χ0v) is 11.3. The number of rotatable bonds is 3. The van der Waals surface area contributed by atoms with Gasteiger partial charge in [-0.05, 0) is 60.8 Å². The van der Waals surface area contributed by atoms with Gasteiger partial charge in [0.25, 0.3) is 9.05 Å². The largest absolute Gasteiger partial charge is 0.261 e. The topological polar surface area (TPSA) is 57.9 Å². The third-order valence-corrected chi connectivity index (χ3v) is 4.98. The standard InChI is InChI=1S/C13H12ClNO2S/c14-18(16,17)13-11(9-1-2-9)5-8(7-15)6-12(13)10-3-4-10/h5-6,9-10H,1-4H2. The molecule has 0 aliphatic heterocycles. The van der Waals surface area contributed by atoms with Crippen LogP contribution in [-0.2, 0) is 9.05 Å². The first kappa shape index (κ1) is 12.0. The highest BCUT2D eigenvalue weighted by molar-refractivity contribution is 8.13. The monoisotopic (exact) mass is 281 g/mol. The first-order valence-corrected chi connectivity index (χ1v) is 8.34. The summed E-state index contributed by atoms with van der Waals surface area (Å²) in [6.45, 7) is 0. The fourth-order valence-corrected chi connectivity index (χ4v) is 3.96. The Bertz CT molecular complexity index is 619. The normalized spacial score (nSPS) is 19.6. The highest BCUT2D eigenvalue weighted by Crippen LogP contribution is 2.50. The molecule has 18 heavy (non-hydrogen) atoms. The molecule has 0 spiro atoms. The zero-order valence-electron chi connectivity index (χ0n) is 9.69. The van der Waals surface area contributed by atoms with E-state index in [1.807, 2.05) is 0 Å². The minimum atomic E-state index is -3.74. The van der Waals surface area contributed by atoms with Crippen LogP contribution in [0.4, 0.5) is 0 Å². The molecule has 0 unspecified atom stereocenters. The third kappa shape index (κ3) is 2.13. The lowest BCUT2D eigenvalue weighted by Gasteiger charge is -2.12. The van der Waals surface area contributed by atoms with Crippen molar-refractivity contribution in [2.75, 3.05) is 0 Å². The van der Waals surface area contributed by atoms with E-state index in [-0.39, 0.29) is 16.7 Å². The fourth-order valence-electron chi connectivity index (χ4n) is 2.42. The molecule has 3 rings (SSSR count). The molecule has 2 aliphatic rings. The number of halogens is 1. The molecule has 0 atom stereocenters. The first-order valence-electron chi connectivity index (χ1n) is 6.03. The minimum Gasteiger partial charge on any atom is -0.207 e. The summed E-state index contributed by atoms with van der Waals surface area (Å²) in [5.74, 6) is 0.527. The fraction of sp³-hybridized carbons (Fsp3) is 0.462. The van der Waals surface area contributed by atoms with Crippen LogP contribution in [0.15, 0.2) is 17.0 Å². The smallest absolute Gasteiger partial charge is 0.207 e. The van der Waals surface area contributed by atoms with E-state index >= 15 is 0 Å². The van der Waals surface area contributed by atoms with E-state index in [2.05, 4.69) is 6.07 Å². The molecule has 3 nitrogen and oxygen atoms in total. The molecule has 2 saturated carbocycles. The zero-order chi connectivity index (χ0) is 12.9. The maximum atomic E-state index is 11.8. The van der Waals surface area contributed by atoms with E-state index in [0.29, 0.717) is 5.56 Å². The molecule has 0 N–H and O–H groups in total. The van der Waals surface area contributed by atoms with Gasteiger partial charge in [-0.15, -0.1) is 0 Å². The number of nitrogens with zero attached hydrogens (tertiary/aromatic N) is 1. The summed E-state index contributed by atoms with van der Waals surface area (Å²) in [5.41, 5.74) is 2.06. The second-order valence-electron chi connectivity index (χ2n) is 5.08. The lowest BCUT2D eigenvalue weighted by atomic mass is 10.00. The van der Waals surface area contributed by atoms with Gasteiger partial charge in [0.15, 0.2) is 0 Å². The van der Waals surface area contributed by atoms with Crippen LogP contribution in [0, 0.1) is 11.3 Å². The van der Waals surface area contributed by atoms with Crippen LogP contribution in [-0.4, -0.2) is 8.42 Å². The van der Waals surface area contributed by atoms with E-state index in [1.165, 1.54) is 0 Å². The van der Waals surface area contributed by atoms with Crippen LogP contribution in [0.5, 0.6) is 0 Å². The Balaban J connectivity index is 2.28. The second kappa shape index (κ2) is 3.97. The summed E-state index contributed by atoms with van der Waals surface area (Å²) < 4.78 is 23.6. The molecule has 1 aromatic carbocycles. The van der Waals surface area contributed by atoms with Gasteiger partial charge in [0.2, 0.25) is 0 Å². The average molecular weight is 282 g/mol. The Kier molecular flexibility index (Phi) is 2.65. The van der Waals surface area contributed by atoms with Crippen LogP contribution < -0.4 is 0 Å². The molecule has 2 fully saturated rings. The number of nitriles is 1. The summed E-state index contributed by atoms with van der Waals surface area (Å²) in [6, 6.07) is 5.50. The van der Waals surface area contributed by atoms with Crippen molar-refractivity contribution in [1.82, 2.24) is 0 Å². The van der Waals surface area contributed by atoms with Gasteiger partial charge in [-0.1, -0.05) is 0 Å². The van der Waals surface area contributed by atoms with Crippen molar-refractivity contribution in [1.29, 1.82) is 5.26 Å². The highest BCUT2D eigenvalue weighted by Gasteiger charge is 2.36. The van der Waals surface area contributed by atoms with Crippen LogP contribution in [0.1, 0.15) is 54.2 Å². The van der Waals surface area contributed by atoms with E-state index in [9.17, 15) is 8.42 Å². The van der Waals surface area contributed by atoms with Crippen molar-refractivity contribution in [3.05, 3.63) is 28.8 Å². The molecule has 0 aromatic heterocycles. The average Bonchev–Trinajstić information content (AvgIpc) is 3.18. The van der Waals surface area contributed by atoms with Crippen molar-refractivity contribution < 1.29 is 8.42 Å². The minimum absolute atomic E-state index is 0.263. The second-order valence-corrected chi connectivity index (χ2v) is 7.58. The Morgan fingerprint density at radius 3 is 1.83 bits per heavy atom. The maximum Gasteiger partial charge on any atom is 0.261 e. The molecule has 0 heterocycles. The van der Waals surface area contributed by atoms with Crippen LogP contribution >= 0.6 is 10.7 Å². The predicted octanol–water partition coefficient (Wildman–Crippen LogP) is 3.24. The Hall–Kier alpha value is -1.05. The van der Waals surface area contributed by atoms with Gasteiger partial charge in [0.1, 0.15) is 0 Å². The van der Waals surface area contributed by atoms with Gasteiger partial charge in [-0.3, -0.25) is 0 Å². The Morgan fingerprint density at radius 2 is 1.56 bits per heavy atom. The van der Waals surface area contributed by atoms with Crippen molar-refractivity contribution in [3.8, 4) is 6.07 Å². The van der Waals surface area contributed by atoms with Gasteiger partial charge in [0, 0.05) is 10.7 Å². The summed E-state index contributed by atoms with van der Waals surface area (Å²) >= 11 is 0. The third-order valence-electron chi connectivity index (χ3n) is 3.55. The molecule has 5 heteroatoms. The quantitative estimate of drug-likeness (QED) is 0.799. The summed E-state index contributed by atoms with van der Waals surface area (Å²) in [7, 11) is 1.86.